The molecule has 204 valence electrons. The van der Waals surface area contributed by atoms with E-state index in [2.05, 4.69) is 5.43 Å². The Morgan fingerprint density at radius 3 is 2.79 bits per heavy atom. The van der Waals surface area contributed by atoms with Gasteiger partial charge in [0.2, 0.25) is 11.5 Å². The van der Waals surface area contributed by atoms with Crippen molar-refractivity contribution in [2.45, 2.75) is 38.5 Å². The van der Waals surface area contributed by atoms with Gasteiger partial charge in [0.25, 0.3) is 5.56 Å². The predicted octanol–water partition coefficient (Wildman–Crippen LogP) is 3.00. The molecule has 1 amide bonds. The van der Waals surface area contributed by atoms with Gasteiger partial charge in [-0.25, -0.2) is 20.4 Å². The lowest BCUT2D eigenvalue weighted by molar-refractivity contribution is -0.175. The van der Waals surface area contributed by atoms with Gasteiger partial charge in [-0.1, -0.05) is 46.7 Å². The lowest BCUT2D eigenvalue weighted by Crippen LogP contribution is -2.47. The number of amides is 1. The highest BCUT2D eigenvalue weighted by atomic mass is 33.1. The molecule has 0 spiro atoms. The molecule has 1 atom stereocenters. The maximum atomic E-state index is 13.6. The third-order valence-electron chi connectivity index (χ3n) is 6.69. The summed E-state index contributed by atoms with van der Waals surface area (Å²) in [7, 11) is 2.86. The van der Waals surface area contributed by atoms with Gasteiger partial charge < -0.3 is 18.8 Å². The average Bonchev–Trinajstić information content (AvgIpc) is 3.30. The molecule has 1 aromatic carbocycles. The number of carbonyl (C=O) groups excluding carboxylic acids is 3. The summed E-state index contributed by atoms with van der Waals surface area (Å²) in [5.74, 6) is 5.01. The fourth-order valence-corrected chi connectivity index (χ4v) is 6.55. The van der Waals surface area contributed by atoms with Crippen LogP contribution in [-0.2, 0) is 42.6 Å². The van der Waals surface area contributed by atoms with Gasteiger partial charge in [0, 0.05) is 34.4 Å². The molecule has 0 bridgehead atoms. The number of carbonyl (C=O) groups is 3. The highest BCUT2D eigenvalue weighted by Gasteiger charge is 2.51. The number of cyclic esters (lactones) is 1. The molecular weight excluding hydrogens is 544 g/mol. The van der Waals surface area contributed by atoms with E-state index >= 15 is 0 Å². The Bertz CT molecular complexity index is 1530. The maximum absolute atomic E-state index is 13.6. The Morgan fingerprint density at radius 1 is 1.21 bits per heavy atom. The smallest absolute Gasteiger partial charge is 0.457 e. The van der Waals surface area contributed by atoms with Gasteiger partial charge in [0.05, 0.1) is 29.0 Å². The van der Waals surface area contributed by atoms with Crippen molar-refractivity contribution in [2.24, 2.45) is 5.84 Å². The van der Waals surface area contributed by atoms with E-state index in [9.17, 15) is 19.2 Å². The quantitative estimate of drug-likeness (QED) is 0.0763. The molecule has 5 rings (SSSR count). The van der Waals surface area contributed by atoms with Crippen molar-refractivity contribution in [1.29, 1.82) is 0 Å². The van der Waals surface area contributed by atoms with E-state index in [1.54, 1.807) is 17.6 Å². The molecular formula is C26H26N4O7S2. The fourth-order valence-electron chi connectivity index (χ4n) is 4.74. The second-order valence-corrected chi connectivity index (χ2v) is 11.6. The number of rotatable bonds is 9. The van der Waals surface area contributed by atoms with Gasteiger partial charge in [0.15, 0.2) is 0 Å². The molecule has 0 unspecified atom stereocenters. The second-order valence-electron chi connectivity index (χ2n) is 8.92. The normalized spacial score (nSPS) is 17.1. The number of esters is 1. The average molecular weight is 571 g/mol. The van der Waals surface area contributed by atoms with Gasteiger partial charge in [-0.15, -0.1) is 0 Å². The van der Waals surface area contributed by atoms with Crippen LogP contribution < -0.4 is 16.8 Å². The first-order valence-corrected chi connectivity index (χ1v) is 14.8. The zero-order valence-electron chi connectivity index (χ0n) is 21.1. The summed E-state index contributed by atoms with van der Waals surface area (Å²) < 4.78 is 17.8. The largest absolute Gasteiger partial charge is 0.509 e. The van der Waals surface area contributed by atoms with Crippen LogP contribution in [-0.4, -0.2) is 45.7 Å². The third-order valence-corrected chi connectivity index (χ3v) is 9.06. The topological polar surface area (TPSA) is 152 Å². The number of hydrogen-bond acceptors (Lipinski definition) is 11. The van der Waals surface area contributed by atoms with Crippen molar-refractivity contribution in [3.63, 3.8) is 0 Å². The molecule has 2 aromatic heterocycles. The Kier molecular flexibility index (Phi) is 7.82. The first kappa shape index (κ1) is 27.0. The monoisotopic (exact) mass is 570 g/mol. The second kappa shape index (κ2) is 11.3. The molecule has 0 saturated heterocycles. The number of fused-ring (bicyclic) bond motifs is 5. The van der Waals surface area contributed by atoms with Crippen LogP contribution in [0, 0.1) is 0 Å². The first-order valence-electron chi connectivity index (χ1n) is 12.3. The minimum Gasteiger partial charge on any atom is -0.457 e. The van der Waals surface area contributed by atoms with Crippen molar-refractivity contribution in [3.8, 4) is 11.4 Å². The van der Waals surface area contributed by atoms with Gasteiger partial charge >= 0.3 is 12.1 Å². The molecule has 0 aliphatic carbocycles. The Balaban J connectivity index is 1.36. The molecule has 3 N–H and O–H groups in total. The standard InChI is InChI=1S/C26H26N4O7S2/c1-2-26(37-25(34)35-8-10-39-38-9-7-21(31)29-27)18-12-20-22-16(11-15-5-3-4-6-19(15)28-22)13-30(20)23(32)17(18)14-36-24(26)33/h3-6,11-12H,2,7-10,13-14,27H2,1H3,(H,29,31)/t26-/m0/s1. The van der Waals surface area contributed by atoms with Crippen molar-refractivity contribution >= 4 is 50.5 Å². The fraction of sp³-hybridized carbons (Fsp3) is 0.346. The summed E-state index contributed by atoms with van der Waals surface area (Å²) in [5.41, 5.74) is 3.36. The third kappa shape index (κ3) is 5.09. The van der Waals surface area contributed by atoms with Crippen LogP contribution in [0.5, 0.6) is 0 Å². The van der Waals surface area contributed by atoms with Crippen LogP contribution >= 0.6 is 21.6 Å². The van der Waals surface area contributed by atoms with E-state index in [0.717, 1.165) is 16.5 Å². The van der Waals surface area contributed by atoms with E-state index in [-0.39, 0.29) is 43.1 Å². The lowest BCUT2D eigenvalue weighted by atomic mass is 9.85. The summed E-state index contributed by atoms with van der Waals surface area (Å²) in [6.45, 7) is 1.84. The number of nitrogens with one attached hydrogen (secondary N) is 1. The Labute approximate surface area is 231 Å². The van der Waals surface area contributed by atoms with Gasteiger partial charge in [-0.2, -0.15) is 0 Å². The molecule has 2 aliphatic rings. The van der Waals surface area contributed by atoms with E-state index in [1.165, 1.54) is 21.6 Å². The zero-order valence-corrected chi connectivity index (χ0v) is 22.7. The SMILES string of the molecule is CC[C@@]1(OC(=O)OCCSSCCC(=O)NN)C(=O)OCc2c1cc1n(c2=O)Cc2cc3ccccc3nc2-1. The van der Waals surface area contributed by atoms with Crippen molar-refractivity contribution < 1.29 is 28.6 Å². The Morgan fingerprint density at radius 2 is 2.00 bits per heavy atom. The molecule has 0 radical (unpaired) electrons. The minimum absolute atomic E-state index is 0.0263. The number of benzene rings is 1. The number of nitrogens with two attached hydrogens (primary N) is 1. The number of pyridine rings is 2. The molecule has 4 heterocycles. The van der Waals surface area contributed by atoms with Gasteiger partial charge in [0.1, 0.15) is 13.2 Å². The maximum Gasteiger partial charge on any atom is 0.509 e. The molecule has 3 aromatic rings. The van der Waals surface area contributed by atoms with Crippen molar-refractivity contribution in [1.82, 2.24) is 15.0 Å². The number of aromatic nitrogens is 2. The van der Waals surface area contributed by atoms with Gasteiger partial charge in [-0.3, -0.25) is 15.0 Å². The first-order chi connectivity index (χ1) is 18.9. The number of nitrogens with zero attached hydrogens (tertiary/aromatic N) is 2. The Hall–Kier alpha value is -3.55. The number of ether oxygens (including phenoxy) is 3. The van der Waals surface area contributed by atoms with Crippen molar-refractivity contribution in [3.05, 3.63) is 63.4 Å². The number of hydrogen-bond donors (Lipinski definition) is 2. The lowest BCUT2D eigenvalue weighted by Gasteiger charge is -2.35. The van der Waals surface area contributed by atoms with E-state index in [4.69, 9.17) is 25.0 Å². The minimum atomic E-state index is -1.82. The summed E-state index contributed by atoms with van der Waals surface area (Å²) in [5, 5.41) is 0.965. The summed E-state index contributed by atoms with van der Waals surface area (Å²) in [6, 6.07) is 11.4. The summed E-state index contributed by atoms with van der Waals surface area (Å²) in [6.07, 6.45) is -0.722. The van der Waals surface area contributed by atoms with Crippen LogP contribution in [0.2, 0.25) is 0 Å². The van der Waals surface area contributed by atoms with Crippen LogP contribution in [0.1, 0.15) is 36.5 Å². The van der Waals surface area contributed by atoms with Crippen LogP contribution in [0.25, 0.3) is 22.3 Å². The molecule has 2 aliphatic heterocycles. The summed E-state index contributed by atoms with van der Waals surface area (Å²) >= 11 is 0. The van der Waals surface area contributed by atoms with E-state index < -0.39 is 17.7 Å². The van der Waals surface area contributed by atoms with Crippen molar-refractivity contribution in [2.75, 3.05) is 18.1 Å². The zero-order chi connectivity index (χ0) is 27.6. The highest BCUT2D eigenvalue weighted by Crippen LogP contribution is 2.41. The van der Waals surface area contributed by atoms with Crippen LogP contribution in [0.3, 0.4) is 0 Å². The summed E-state index contributed by atoms with van der Waals surface area (Å²) in [4.78, 5) is 55.2. The number of hydrazine groups is 1. The molecule has 0 saturated carbocycles. The number of para-hydroxylation sites is 1. The van der Waals surface area contributed by atoms with Gasteiger partial charge in [-0.05, 0) is 24.6 Å². The molecule has 39 heavy (non-hydrogen) atoms. The highest BCUT2D eigenvalue weighted by molar-refractivity contribution is 8.76. The van der Waals surface area contributed by atoms with E-state index in [0.29, 0.717) is 35.0 Å². The predicted molar refractivity (Wildman–Crippen MR) is 147 cm³/mol. The molecule has 11 nitrogen and oxygen atoms in total. The molecule has 0 fully saturated rings. The molecule has 13 heteroatoms. The van der Waals surface area contributed by atoms with E-state index in [1.807, 2.05) is 30.3 Å². The van der Waals surface area contributed by atoms with Crippen LogP contribution in [0.4, 0.5) is 4.79 Å². The van der Waals surface area contributed by atoms with Crippen LogP contribution in [0.15, 0.2) is 41.2 Å².